The third-order valence-electron chi connectivity index (χ3n) is 4.25. The first-order valence-corrected chi connectivity index (χ1v) is 7.52. The molecule has 0 fully saturated rings. The van der Waals surface area contributed by atoms with E-state index < -0.39 is 0 Å². The number of hydrogen-bond donors (Lipinski definition) is 1. The van der Waals surface area contributed by atoms with Crippen LogP contribution in [0.3, 0.4) is 0 Å². The second-order valence-electron chi connectivity index (χ2n) is 5.66. The highest BCUT2D eigenvalue weighted by atomic mass is 19.1. The largest absolute Gasteiger partial charge is 0.504 e. The molecule has 0 aliphatic carbocycles. The topological polar surface area (TPSA) is 32.7 Å². The van der Waals surface area contributed by atoms with Gasteiger partial charge in [-0.2, -0.15) is 0 Å². The maximum absolute atomic E-state index is 13.7. The van der Waals surface area contributed by atoms with Crippen molar-refractivity contribution in [2.45, 2.75) is 19.4 Å². The van der Waals surface area contributed by atoms with Crippen molar-refractivity contribution in [2.24, 2.45) is 0 Å². The highest BCUT2D eigenvalue weighted by Gasteiger charge is 2.19. The smallest absolute Gasteiger partial charge is 0.160 e. The van der Waals surface area contributed by atoms with Crippen LogP contribution in [0.4, 0.5) is 4.39 Å². The van der Waals surface area contributed by atoms with Crippen molar-refractivity contribution in [1.29, 1.82) is 0 Å². The van der Waals surface area contributed by atoms with Crippen LogP contribution in [0.15, 0.2) is 36.4 Å². The summed E-state index contributed by atoms with van der Waals surface area (Å²) in [4.78, 5) is 2.29. The molecule has 2 aromatic rings. The molecular weight excluding hydrogens is 281 g/mol. The van der Waals surface area contributed by atoms with Crippen molar-refractivity contribution in [2.75, 3.05) is 20.2 Å². The van der Waals surface area contributed by atoms with Gasteiger partial charge in [0, 0.05) is 19.6 Å². The molecule has 1 aliphatic rings. The molecule has 0 saturated carbocycles. The minimum Gasteiger partial charge on any atom is -0.504 e. The molecule has 0 amide bonds. The Morgan fingerprint density at radius 2 is 2.05 bits per heavy atom. The summed E-state index contributed by atoms with van der Waals surface area (Å²) < 4.78 is 18.8. The molecule has 3 rings (SSSR count). The van der Waals surface area contributed by atoms with Gasteiger partial charge in [-0.05, 0) is 47.7 Å². The summed E-state index contributed by atoms with van der Waals surface area (Å²) >= 11 is 0. The van der Waals surface area contributed by atoms with Gasteiger partial charge in [-0.1, -0.05) is 18.2 Å². The van der Waals surface area contributed by atoms with E-state index in [1.165, 1.54) is 11.6 Å². The van der Waals surface area contributed by atoms with E-state index in [0.29, 0.717) is 12.2 Å². The lowest BCUT2D eigenvalue weighted by Crippen LogP contribution is -2.32. The van der Waals surface area contributed by atoms with E-state index in [2.05, 4.69) is 4.90 Å². The molecule has 1 heterocycles. The maximum atomic E-state index is 13.7. The summed E-state index contributed by atoms with van der Waals surface area (Å²) in [6, 6.07) is 10.6. The van der Waals surface area contributed by atoms with Gasteiger partial charge in [0.1, 0.15) is 5.82 Å². The number of benzene rings is 2. The van der Waals surface area contributed by atoms with Gasteiger partial charge >= 0.3 is 0 Å². The molecule has 4 heteroatoms. The summed E-state index contributed by atoms with van der Waals surface area (Å²) in [7, 11) is 1.56. The van der Waals surface area contributed by atoms with E-state index >= 15 is 0 Å². The Morgan fingerprint density at radius 3 is 2.82 bits per heavy atom. The zero-order chi connectivity index (χ0) is 15.5. The highest BCUT2D eigenvalue weighted by molar-refractivity contribution is 5.47. The average molecular weight is 301 g/mol. The Bertz CT molecular complexity index is 672. The molecule has 0 saturated heterocycles. The standard InChI is InChI=1S/C18H20FNO2/c1-22-18-11-14-7-9-20(12-15(14)10-17(18)21)8-6-13-4-2-3-5-16(13)19/h2-5,10-11,21H,6-9,12H2,1H3. The van der Waals surface area contributed by atoms with Crippen molar-refractivity contribution >= 4 is 0 Å². The van der Waals surface area contributed by atoms with Crippen LogP contribution in [0.2, 0.25) is 0 Å². The number of ether oxygens (including phenoxy) is 1. The molecule has 22 heavy (non-hydrogen) atoms. The summed E-state index contributed by atoms with van der Waals surface area (Å²) in [5, 5.41) is 9.90. The van der Waals surface area contributed by atoms with E-state index in [1.54, 1.807) is 19.2 Å². The van der Waals surface area contributed by atoms with Crippen LogP contribution < -0.4 is 4.74 Å². The number of nitrogens with zero attached hydrogens (tertiary/aromatic N) is 1. The van der Waals surface area contributed by atoms with Gasteiger partial charge in [0.2, 0.25) is 0 Å². The van der Waals surface area contributed by atoms with Crippen LogP contribution >= 0.6 is 0 Å². The SMILES string of the molecule is COc1cc2c(cc1O)CN(CCc1ccccc1F)CC2. The normalized spacial score (nSPS) is 14.6. The van der Waals surface area contributed by atoms with Gasteiger partial charge in [0.25, 0.3) is 0 Å². The first kappa shape index (κ1) is 14.9. The number of hydrogen-bond acceptors (Lipinski definition) is 3. The van der Waals surface area contributed by atoms with Crippen molar-refractivity contribution in [3.63, 3.8) is 0 Å². The van der Waals surface area contributed by atoms with E-state index in [1.807, 2.05) is 18.2 Å². The lowest BCUT2D eigenvalue weighted by Gasteiger charge is -2.29. The van der Waals surface area contributed by atoms with Crippen molar-refractivity contribution in [3.8, 4) is 11.5 Å². The maximum Gasteiger partial charge on any atom is 0.160 e. The van der Waals surface area contributed by atoms with Crippen LogP contribution in [0.5, 0.6) is 11.5 Å². The number of fused-ring (bicyclic) bond motifs is 1. The highest BCUT2D eigenvalue weighted by Crippen LogP contribution is 2.32. The summed E-state index contributed by atoms with van der Waals surface area (Å²) in [5.74, 6) is 0.568. The van der Waals surface area contributed by atoms with Crippen LogP contribution in [-0.2, 0) is 19.4 Å². The van der Waals surface area contributed by atoms with Crippen molar-refractivity contribution < 1.29 is 14.2 Å². The monoisotopic (exact) mass is 301 g/mol. The van der Waals surface area contributed by atoms with Gasteiger partial charge in [-0.15, -0.1) is 0 Å². The number of rotatable bonds is 4. The van der Waals surface area contributed by atoms with Gasteiger partial charge in [-0.25, -0.2) is 4.39 Å². The van der Waals surface area contributed by atoms with Crippen molar-refractivity contribution in [3.05, 3.63) is 58.9 Å². The molecule has 0 bridgehead atoms. The number of methoxy groups -OCH3 is 1. The predicted molar refractivity (Wildman–Crippen MR) is 83.7 cm³/mol. The average Bonchev–Trinajstić information content (AvgIpc) is 2.53. The molecule has 116 valence electrons. The third kappa shape index (κ3) is 3.07. The predicted octanol–water partition coefficient (Wildman–Crippen LogP) is 3.14. The molecule has 0 aromatic heterocycles. The van der Waals surface area contributed by atoms with Crippen LogP contribution in [0, 0.1) is 5.82 Å². The second-order valence-corrected chi connectivity index (χ2v) is 5.66. The molecule has 0 atom stereocenters. The van der Waals surface area contributed by atoms with E-state index in [9.17, 15) is 9.50 Å². The zero-order valence-electron chi connectivity index (χ0n) is 12.7. The fourth-order valence-corrected chi connectivity index (χ4v) is 2.97. The van der Waals surface area contributed by atoms with Crippen LogP contribution in [-0.4, -0.2) is 30.2 Å². The second kappa shape index (κ2) is 6.36. The molecular formula is C18H20FNO2. The fourth-order valence-electron chi connectivity index (χ4n) is 2.97. The Balaban J connectivity index is 1.67. The molecule has 1 N–H and O–H groups in total. The van der Waals surface area contributed by atoms with Gasteiger partial charge in [0.15, 0.2) is 11.5 Å². The minimum atomic E-state index is -0.137. The molecule has 0 unspecified atom stereocenters. The fraction of sp³-hybridized carbons (Fsp3) is 0.333. The summed E-state index contributed by atoms with van der Waals surface area (Å²) in [6.07, 6.45) is 1.62. The summed E-state index contributed by atoms with van der Waals surface area (Å²) in [6.45, 7) is 2.53. The number of aromatic hydroxyl groups is 1. The minimum absolute atomic E-state index is 0.137. The third-order valence-corrected chi connectivity index (χ3v) is 4.25. The Hall–Kier alpha value is -2.07. The van der Waals surface area contributed by atoms with Crippen molar-refractivity contribution in [1.82, 2.24) is 4.90 Å². The van der Waals surface area contributed by atoms with Gasteiger partial charge < -0.3 is 9.84 Å². The van der Waals surface area contributed by atoms with E-state index in [4.69, 9.17) is 4.74 Å². The van der Waals surface area contributed by atoms with E-state index in [0.717, 1.165) is 37.2 Å². The first-order valence-electron chi connectivity index (χ1n) is 7.52. The number of phenols is 1. The quantitative estimate of drug-likeness (QED) is 0.941. The molecule has 1 aliphatic heterocycles. The van der Waals surface area contributed by atoms with Crippen LogP contribution in [0.1, 0.15) is 16.7 Å². The number of phenolic OH excluding ortho intramolecular Hbond substituents is 1. The molecule has 3 nitrogen and oxygen atoms in total. The van der Waals surface area contributed by atoms with Gasteiger partial charge in [0.05, 0.1) is 7.11 Å². The Labute approximate surface area is 130 Å². The zero-order valence-corrected chi connectivity index (χ0v) is 12.7. The Morgan fingerprint density at radius 1 is 1.23 bits per heavy atom. The summed E-state index contributed by atoms with van der Waals surface area (Å²) in [5.41, 5.74) is 3.10. The molecule has 0 spiro atoms. The molecule has 0 radical (unpaired) electrons. The lowest BCUT2D eigenvalue weighted by molar-refractivity contribution is 0.255. The first-order chi connectivity index (χ1) is 10.7. The van der Waals surface area contributed by atoms with E-state index in [-0.39, 0.29) is 11.6 Å². The molecule has 2 aromatic carbocycles. The van der Waals surface area contributed by atoms with Crippen LogP contribution in [0.25, 0.3) is 0 Å². The van der Waals surface area contributed by atoms with Gasteiger partial charge in [-0.3, -0.25) is 4.90 Å². The Kier molecular flexibility index (Phi) is 4.29. The lowest BCUT2D eigenvalue weighted by atomic mass is 9.98. The number of halogens is 1.